The molecule has 0 saturated heterocycles. The number of carbonyl (C=O) groups is 1. The number of nitrogens with one attached hydrogen (secondary N) is 1. The summed E-state index contributed by atoms with van der Waals surface area (Å²) in [6.07, 6.45) is 1.62. The van der Waals surface area contributed by atoms with E-state index in [0.717, 1.165) is 22.6 Å². The minimum atomic E-state index is -0.498. The predicted molar refractivity (Wildman–Crippen MR) is 133 cm³/mol. The molecule has 1 aromatic heterocycles. The minimum absolute atomic E-state index is 0.105. The van der Waals surface area contributed by atoms with Crippen LogP contribution in [0.15, 0.2) is 56.5 Å². The molecule has 0 aliphatic carbocycles. The van der Waals surface area contributed by atoms with E-state index in [1.165, 1.54) is 11.6 Å². The van der Waals surface area contributed by atoms with Gasteiger partial charge in [0.15, 0.2) is 0 Å². The maximum Gasteiger partial charge on any atom is 0.275 e. The number of nitrogens with zero attached hydrogens (tertiary/aromatic N) is 2. The van der Waals surface area contributed by atoms with Crippen molar-refractivity contribution in [2.45, 2.75) is 40.0 Å². The average molecular weight is 547 g/mol. The highest BCUT2D eigenvalue weighted by molar-refractivity contribution is 9.11. The summed E-state index contributed by atoms with van der Waals surface area (Å²) in [7, 11) is 0. The SMILES string of the molecule is Cc1cc(/C=N\NC(=O)c2cc(Br)cc(Br)c2O)c(C)n1-c1ccc(C(C)(C)C)cc1. The van der Waals surface area contributed by atoms with Gasteiger partial charge in [0.25, 0.3) is 5.91 Å². The Morgan fingerprint density at radius 2 is 1.74 bits per heavy atom. The average Bonchev–Trinajstić information content (AvgIpc) is 2.97. The van der Waals surface area contributed by atoms with Gasteiger partial charge in [-0.1, -0.05) is 48.8 Å². The van der Waals surface area contributed by atoms with Gasteiger partial charge in [0.1, 0.15) is 5.75 Å². The number of rotatable bonds is 4. The van der Waals surface area contributed by atoms with E-state index in [-0.39, 0.29) is 16.7 Å². The van der Waals surface area contributed by atoms with Crippen LogP contribution in [-0.4, -0.2) is 21.8 Å². The molecular formula is C24H25Br2N3O2. The number of phenolic OH excluding ortho intramolecular Hbond substituents is 1. The Bertz CT molecular complexity index is 1160. The van der Waals surface area contributed by atoms with E-state index in [1.54, 1.807) is 12.3 Å². The van der Waals surface area contributed by atoms with Crippen molar-refractivity contribution in [3.8, 4) is 11.4 Å². The third-order valence-corrected chi connectivity index (χ3v) is 6.17. The summed E-state index contributed by atoms with van der Waals surface area (Å²) in [5.74, 6) is -0.630. The molecule has 0 saturated carbocycles. The maximum absolute atomic E-state index is 12.4. The monoisotopic (exact) mass is 545 g/mol. The smallest absolute Gasteiger partial charge is 0.275 e. The molecule has 3 aromatic rings. The van der Waals surface area contributed by atoms with E-state index in [9.17, 15) is 9.90 Å². The number of hydrogen-bond donors (Lipinski definition) is 2. The molecule has 0 radical (unpaired) electrons. The number of aromatic hydroxyl groups is 1. The summed E-state index contributed by atoms with van der Waals surface area (Å²) in [5.41, 5.74) is 8.07. The molecule has 0 fully saturated rings. The lowest BCUT2D eigenvalue weighted by molar-refractivity contribution is 0.0952. The normalized spacial score (nSPS) is 11.8. The molecule has 7 heteroatoms. The van der Waals surface area contributed by atoms with Gasteiger partial charge < -0.3 is 9.67 Å². The van der Waals surface area contributed by atoms with Gasteiger partial charge in [-0.05, 0) is 71.1 Å². The third-order valence-electron chi connectivity index (χ3n) is 5.10. The molecule has 5 nitrogen and oxygen atoms in total. The first-order valence-electron chi connectivity index (χ1n) is 9.80. The molecule has 2 aromatic carbocycles. The number of halogens is 2. The van der Waals surface area contributed by atoms with Crippen LogP contribution in [0.5, 0.6) is 5.75 Å². The summed E-state index contributed by atoms with van der Waals surface area (Å²) in [6.45, 7) is 10.7. The van der Waals surface area contributed by atoms with E-state index >= 15 is 0 Å². The van der Waals surface area contributed by atoms with Crippen LogP contribution in [-0.2, 0) is 5.41 Å². The number of carbonyl (C=O) groups excluding carboxylic acids is 1. The van der Waals surface area contributed by atoms with Crippen LogP contribution in [0.3, 0.4) is 0 Å². The Balaban J connectivity index is 1.81. The Hall–Kier alpha value is -2.38. The van der Waals surface area contributed by atoms with Crippen molar-refractivity contribution in [3.63, 3.8) is 0 Å². The summed E-state index contributed by atoms with van der Waals surface area (Å²) in [6, 6.07) is 13.8. The Morgan fingerprint density at radius 3 is 2.35 bits per heavy atom. The zero-order valence-corrected chi connectivity index (χ0v) is 21.3. The standard InChI is InChI=1S/C24H25Br2N3O2/c1-14-10-16(13-27-28-23(31)20-11-18(25)12-21(26)22(20)30)15(2)29(14)19-8-6-17(7-9-19)24(3,4)5/h6-13,30H,1-5H3,(H,28,31)/b27-13-. The molecule has 0 aliphatic rings. The number of amides is 1. The molecule has 1 heterocycles. The highest BCUT2D eigenvalue weighted by atomic mass is 79.9. The van der Waals surface area contributed by atoms with Crippen LogP contribution in [0, 0.1) is 13.8 Å². The van der Waals surface area contributed by atoms with Gasteiger partial charge in [0, 0.05) is 27.1 Å². The van der Waals surface area contributed by atoms with Gasteiger partial charge >= 0.3 is 0 Å². The first-order chi connectivity index (χ1) is 14.5. The Morgan fingerprint density at radius 1 is 1.10 bits per heavy atom. The highest BCUT2D eigenvalue weighted by Gasteiger charge is 2.16. The van der Waals surface area contributed by atoms with Gasteiger partial charge in [-0.25, -0.2) is 5.43 Å². The summed E-state index contributed by atoms with van der Waals surface area (Å²) >= 11 is 6.54. The van der Waals surface area contributed by atoms with Gasteiger partial charge in [-0.2, -0.15) is 5.10 Å². The number of hydrazone groups is 1. The van der Waals surface area contributed by atoms with E-state index in [1.807, 2.05) is 19.9 Å². The van der Waals surface area contributed by atoms with Crippen LogP contribution < -0.4 is 5.43 Å². The Labute approximate surface area is 199 Å². The summed E-state index contributed by atoms with van der Waals surface area (Å²) < 4.78 is 3.26. The van der Waals surface area contributed by atoms with Crippen molar-refractivity contribution in [2.24, 2.45) is 5.10 Å². The number of aromatic nitrogens is 1. The molecule has 0 unspecified atom stereocenters. The second-order valence-electron chi connectivity index (χ2n) is 8.44. The van der Waals surface area contributed by atoms with Crippen LogP contribution in [0.4, 0.5) is 0 Å². The van der Waals surface area contributed by atoms with E-state index < -0.39 is 5.91 Å². The second kappa shape index (κ2) is 9.01. The fourth-order valence-electron chi connectivity index (χ4n) is 3.39. The molecule has 3 rings (SSSR count). The molecule has 1 amide bonds. The largest absolute Gasteiger partial charge is 0.506 e. The van der Waals surface area contributed by atoms with Crippen molar-refractivity contribution in [1.82, 2.24) is 9.99 Å². The molecule has 0 bridgehead atoms. The van der Waals surface area contributed by atoms with E-state index in [2.05, 4.69) is 92.0 Å². The zero-order valence-electron chi connectivity index (χ0n) is 18.1. The van der Waals surface area contributed by atoms with Gasteiger partial charge in [-0.15, -0.1) is 0 Å². The van der Waals surface area contributed by atoms with Crippen molar-refractivity contribution in [2.75, 3.05) is 0 Å². The number of aryl methyl sites for hydroxylation is 1. The lowest BCUT2D eigenvalue weighted by atomic mass is 9.87. The predicted octanol–water partition coefficient (Wildman–Crippen LogP) is 6.39. The maximum atomic E-state index is 12.4. The molecule has 0 spiro atoms. The number of benzene rings is 2. The van der Waals surface area contributed by atoms with E-state index in [4.69, 9.17) is 0 Å². The first kappa shape index (κ1) is 23.3. The van der Waals surface area contributed by atoms with Crippen LogP contribution >= 0.6 is 31.9 Å². The van der Waals surface area contributed by atoms with Crippen molar-refractivity contribution < 1.29 is 9.90 Å². The van der Waals surface area contributed by atoms with E-state index in [0.29, 0.717) is 8.95 Å². The van der Waals surface area contributed by atoms with Crippen LogP contribution in [0.25, 0.3) is 5.69 Å². The summed E-state index contributed by atoms with van der Waals surface area (Å²) in [5, 5.41) is 14.2. The molecule has 31 heavy (non-hydrogen) atoms. The molecule has 2 N–H and O–H groups in total. The zero-order chi connectivity index (χ0) is 22.9. The molecular weight excluding hydrogens is 522 g/mol. The van der Waals surface area contributed by atoms with Crippen molar-refractivity contribution in [1.29, 1.82) is 0 Å². The highest BCUT2D eigenvalue weighted by Crippen LogP contribution is 2.31. The molecule has 162 valence electrons. The fourth-order valence-corrected chi connectivity index (χ4v) is 4.61. The molecule has 0 atom stereocenters. The van der Waals surface area contributed by atoms with Crippen LogP contribution in [0.1, 0.15) is 53.6 Å². The van der Waals surface area contributed by atoms with Crippen LogP contribution in [0.2, 0.25) is 0 Å². The topological polar surface area (TPSA) is 66.6 Å². The lowest BCUT2D eigenvalue weighted by Gasteiger charge is -2.20. The second-order valence-corrected chi connectivity index (χ2v) is 10.2. The first-order valence-corrected chi connectivity index (χ1v) is 11.4. The lowest BCUT2D eigenvalue weighted by Crippen LogP contribution is -2.18. The third kappa shape index (κ3) is 5.10. The van der Waals surface area contributed by atoms with Gasteiger partial charge in [-0.3, -0.25) is 4.79 Å². The number of phenols is 1. The number of hydrogen-bond acceptors (Lipinski definition) is 3. The van der Waals surface area contributed by atoms with Crippen molar-refractivity contribution >= 4 is 44.0 Å². The Kier molecular flexibility index (Phi) is 6.76. The van der Waals surface area contributed by atoms with Gasteiger partial charge in [0.05, 0.1) is 16.3 Å². The fraction of sp³-hybridized carbons (Fsp3) is 0.250. The minimum Gasteiger partial charge on any atom is -0.506 e. The summed E-state index contributed by atoms with van der Waals surface area (Å²) in [4.78, 5) is 12.4. The quantitative estimate of drug-likeness (QED) is 0.294. The molecule has 0 aliphatic heterocycles. The van der Waals surface area contributed by atoms with Gasteiger partial charge in [0.2, 0.25) is 0 Å². The van der Waals surface area contributed by atoms with Crippen molar-refractivity contribution in [3.05, 3.63) is 79.5 Å².